The molecule has 21 heavy (non-hydrogen) atoms. The Bertz CT molecular complexity index is 685. The van der Waals surface area contributed by atoms with E-state index in [2.05, 4.69) is 20.8 Å². The maximum absolute atomic E-state index is 11.9. The fourth-order valence-electron chi connectivity index (χ4n) is 1.55. The monoisotopic (exact) mass is 307 g/mol. The summed E-state index contributed by atoms with van der Waals surface area (Å²) < 4.78 is 1.47. The molecule has 8 nitrogen and oxygen atoms in total. The summed E-state index contributed by atoms with van der Waals surface area (Å²) in [6.45, 7) is 1.79. The van der Waals surface area contributed by atoms with Crippen molar-refractivity contribution in [3.05, 3.63) is 29.3 Å². The first-order chi connectivity index (χ1) is 9.97. The van der Waals surface area contributed by atoms with E-state index >= 15 is 0 Å². The smallest absolute Gasteiger partial charge is 0.335 e. The molecule has 1 amide bonds. The molecule has 9 heteroatoms. The zero-order valence-corrected chi connectivity index (χ0v) is 12.2. The lowest BCUT2D eigenvalue weighted by Crippen LogP contribution is -2.16. The van der Waals surface area contributed by atoms with Gasteiger partial charge in [-0.05, 0) is 35.0 Å². The average Bonchev–Trinajstić information content (AvgIpc) is 2.84. The summed E-state index contributed by atoms with van der Waals surface area (Å²) >= 11 is 1.20. The predicted molar refractivity (Wildman–Crippen MR) is 76.3 cm³/mol. The second-order valence-corrected chi connectivity index (χ2v) is 5.20. The van der Waals surface area contributed by atoms with E-state index in [0.29, 0.717) is 10.8 Å². The maximum Gasteiger partial charge on any atom is 0.335 e. The summed E-state index contributed by atoms with van der Waals surface area (Å²) in [5.41, 5.74) is 1.40. The van der Waals surface area contributed by atoms with Crippen LogP contribution in [0.25, 0.3) is 0 Å². The largest absolute Gasteiger partial charge is 0.478 e. The van der Waals surface area contributed by atoms with Crippen LogP contribution >= 0.6 is 11.8 Å². The molecule has 1 aromatic carbocycles. The molecule has 0 aliphatic heterocycles. The standard InChI is InChI=1S/C12H13N5O3S/c1-7-3-4-8(11(19)20)5-9(7)13-10(18)6-21-12-14-15-16-17(12)2/h3-5H,6H2,1-2H3,(H,13,18)(H,19,20). The highest BCUT2D eigenvalue weighted by Gasteiger charge is 2.11. The zero-order valence-electron chi connectivity index (χ0n) is 11.4. The summed E-state index contributed by atoms with van der Waals surface area (Å²) in [7, 11) is 1.68. The van der Waals surface area contributed by atoms with Crippen LogP contribution in [0.5, 0.6) is 0 Å². The molecule has 0 unspecified atom stereocenters. The summed E-state index contributed by atoms with van der Waals surface area (Å²) in [6, 6.07) is 4.58. The number of aryl methyl sites for hydroxylation is 2. The Kier molecular flexibility index (Phi) is 4.53. The van der Waals surface area contributed by atoms with Crippen molar-refractivity contribution in [3.8, 4) is 0 Å². The van der Waals surface area contributed by atoms with Crippen molar-refractivity contribution in [3.63, 3.8) is 0 Å². The molecule has 0 bridgehead atoms. The van der Waals surface area contributed by atoms with Gasteiger partial charge in [-0.3, -0.25) is 4.79 Å². The van der Waals surface area contributed by atoms with E-state index in [1.54, 1.807) is 20.0 Å². The minimum absolute atomic E-state index is 0.126. The van der Waals surface area contributed by atoms with Gasteiger partial charge in [-0.15, -0.1) is 5.10 Å². The van der Waals surface area contributed by atoms with E-state index in [1.807, 2.05) is 0 Å². The number of amides is 1. The number of tetrazole rings is 1. The SMILES string of the molecule is Cc1ccc(C(=O)O)cc1NC(=O)CSc1nnnn1C. The number of carbonyl (C=O) groups is 2. The molecule has 2 rings (SSSR count). The molecular weight excluding hydrogens is 294 g/mol. The van der Waals surface area contributed by atoms with Gasteiger partial charge in [0.1, 0.15) is 0 Å². The number of anilines is 1. The molecule has 0 atom stereocenters. The zero-order chi connectivity index (χ0) is 15.4. The Balaban J connectivity index is 2.01. The number of thioether (sulfide) groups is 1. The first-order valence-corrected chi connectivity index (χ1v) is 6.95. The second kappa shape index (κ2) is 6.35. The number of hydrogen-bond acceptors (Lipinski definition) is 6. The fourth-order valence-corrected chi connectivity index (χ4v) is 2.20. The molecule has 110 valence electrons. The summed E-state index contributed by atoms with van der Waals surface area (Å²) in [5, 5.41) is 23.1. The van der Waals surface area contributed by atoms with Gasteiger partial charge >= 0.3 is 5.97 Å². The van der Waals surface area contributed by atoms with Gasteiger partial charge in [0.2, 0.25) is 11.1 Å². The molecule has 2 aromatic rings. The fraction of sp³-hybridized carbons (Fsp3) is 0.250. The molecule has 0 saturated heterocycles. The van der Waals surface area contributed by atoms with E-state index in [-0.39, 0.29) is 17.2 Å². The van der Waals surface area contributed by atoms with E-state index in [1.165, 1.54) is 28.6 Å². The third kappa shape index (κ3) is 3.78. The topological polar surface area (TPSA) is 110 Å². The van der Waals surface area contributed by atoms with Gasteiger partial charge < -0.3 is 10.4 Å². The van der Waals surface area contributed by atoms with Crippen LogP contribution in [-0.2, 0) is 11.8 Å². The number of carboxylic acid groups (broad SMARTS) is 1. The van der Waals surface area contributed by atoms with Gasteiger partial charge in [0.05, 0.1) is 11.3 Å². The normalized spacial score (nSPS) is 10.4. The first kappa shape index (κ1) is 15.0. The van der Waals surface area contributed by atoms with Crippen molar-refractivity contribution in [2.24, 2.45) is 7.05 Å². The van der Waals surface area contributed by atoms with Crippen molar-refractivity contribution in [2.45, 2.75) is 12.1 Å². The van der Waals surface area contributed by atoms with Gasteiger partial charge in [-0.25, -0.2) is 9.48 Å². The molecule has 0 spiro atoms. The van der Waals surface area contributed by atoms with Crippen LogP contribution < -0.4 is 5.32 Å². The molecule has 0 aliphatic rings. The number of rotatable bonds is 5. The van der Waals surface area contributed by atoms with Crippen molar-refractivity contribution in [2.75, 3.05) is 11.1 Å². The lowest BCUT2D eigenvalue weighted by molar-refractivity contribution is -0.113. The molecule has 1 aromatic heterocycles. The van der Waals surface area contributed by atoms with E-state index in [4.69, 9.17) is 5.11 Å². The molecule has 2 N–H and O–H groups in total. The molecule has 0 aliphatic carbocycles. The average molecular weight is 307 g/mol. The molecule has 0 saturated carbocycles. The molecule has 0 fully saturated rings. The van der Waals surface area contributed by atoms with Crippen LogP contribution in [0.1, 0.15) is 15.9 Å². The Morgan fingerprint density at radius 3 is 2.81 bits per heavy atom. The van der Waals surface area contributed by atoms with E-state index in [9.17, 15) is 9.59 Å². The van der Waals surface area contributed by atoms with Gasteiger partial charge in [-0.2, -0.15) is 0 Å². The number of carboxylic acids is 1. The number of nitrogens with one attached hydrogen (secondary N) is 1. The number of nitrogens with zero attached hydrogens (tertiary/aromatic N) is 4. The van der Waals surface area contributed by atoms with E-state index < -0.39 is 5.97 Å². The second-order valence-electron chi connectivity index (χ2n) is 4.26. The number of carbonyl (C=O) groups excluding carboxylic acids is 1. The minimum Gasteiger partial charge on any atom is -0.478 e. The van der Waals surface area contributed by atoms with Crippen LogP contribution in [-0.4, -0.2) is 42.9 Å². The predicted octanol–water partition coefficient (Wildman–Crippen LogP) is 0.948. The number of aromatic carboxylic acids is 1. The Morgan fingerprint density at radius 2 is 2.19 bits per heavy atom. The lowest BCUT2D eigenvalue weighted by Gasteiger charge is -2.09. The molecule has 1 heterocycles. The van der Waals surface area contributed by atoms with Crippen LogP contribution in [0.2, 0.25) is 0 Å². The van der Waals surface area contributed by atoms with Gasteiger partial charge in [0, 0.05) is 12.7 Å². The third-order valence-corrected chi connectivity index (χ3v) is 3.68. The van der Waals surface area contributed by atoms with Crippen LogP contribution in [0.3, 0.4) is 0 Å². The van der Waals surface area contributed by atoms with E-state index in [0.717, 1.165) is 5.56 Å². The Labute approximate surface area is 124 Å². The van der Waals surface area contributed by atoms with Gasteiger partial charge in [-0.1, -0.05) is 17.8 Å². The minimum atomic E-state index is -1.04. The van der Waals surface area contributed by atoms with Crippen molar-refractivity contribution >= 4 is 29.3 Å². The summed E-state index contributed by atoms with van der Waals surface area (Å²) in [6.07, 6.45) is 0. The summed E-state index contributed by atoms with van der Waals surface area (Å²) in [4.78, 5) is 22.8. The third-order valence-electron chi connectivity index (χ3n) is 2.67. The highest BCUT2D eigenvalue weighted by molar-refractivity contribution is 7.99. The van der Waals surface area contributed by atoms with Crippen molar-refractivity contribution in [1.82, 2.24) is 20.2 Å². The number of hydrogen-bond donors (Lipinski definition) is 2. The van der Waals surface area contributed by atoms with Crippen molar-refractivity contribution < 1.29 is 14.7 Å². The number of aromatic nitrogens is 4. The number of benzene rings is 1. The quantitative estimate of drug-likeness (QED) is 0.791. The van der Waals surface area contributed by atoms with Crippen LogP contribution in [0.4, 0.5) is 5.69 Å². The maximum atomic E-state index is 11.9. The lowest BCUT2D eigenvalue weighted by atomic mass is 10.1. The molecular formula is C12H13N5O3S. The highest BCUT2D eigenvalue weighted by Crippen LogP contribution is 2.18. The summed E-state index contributed by atoms with van der Waals surface area (Å²) in [5.74, 6) is -1.16. The van der Waals surface area contributed by atoms with Crippen LogP contribution in [0, 0.1) is 6.92 Å². The Morgan fingerprint density at radius 1 is 1.43 bits per heavy atom. The Hall–Kier alpha value is -2.42. The highest BCUT2D eigenvalue weighted by atomic mass is 32.2. The first-order valence-electron chi connectivity index (χ1n) is 5.96. The van der Waals surface area contributed by atoms with Crippen molar-refractivity contribution in [1.29, 1.82) is 0 Å². The van der Waals surface area contributed by atoms with Gasteiger partial charge in [0.25, 0.3) is 0 Å². The molecule has 0 radical (unpaired) electrons. The van der Waals surface area contributed by atoms with Gasteiger partial charge in [0.15, 0.2) is 0 Å². The van der Waals surface area contributed by atoms with Crippen LogP contribution in [0.15, 0.2) is 23.4 Å².